The Labute approximate surface area is 180 Å². The van der Waals surface area contributed by atoms with E-state index in [4.69, 9.17) is 10.7 Å². The van der Waals surface area contributed by atoms with Crippen LogP contribution in [-0.4, -0.2) is 19.6 Å². The van der Waals surface area contributed by atoms with Crippen LogP contribution in [0.15, 0.2) is 85.2 Å². The molecule has 1 aliphatic carbocycles. The van der Waals surface area contributed by atoms with Gasteiger partial charge >= 0.3 is 0 Å². The Bertz CT molecular complexity index is 1340. The minimum Gasteiger partial charge on any atom is -0.321 e. The first kappa shape index (κ1) is 18.1. The van der Waals surface area contributed by atoms with Gasteiger partial charge in [0.05, 0.1) is 17.1 Å². The summed E-state index contributed by atoms with van der Waals surface area (Å²) in [6, 6.07) is 25.2. The largest absolute Gasteiger partial charge is 0.321 e. The van der Waals surface area contributed by atoms with Gasteiger partial charge in [-0.25, -0.2) is 4.98 Å². The fraction of sp³-hybridized carbons (Fsp3) is 0.154. The number of aromatic nitrogens is 4. The molecule has 152 valence electrons. The molecule has 1 fully saturated rings. The number of nitrogens with zero attached hydrogens (tertiary/aromatic N) is 3. The first-order valence-electron chi connectivity index (χ1n) is 10.7. The van der Waals surface area contributed by atoms with E-state index in [0.717, 1.165) is 52.3 Å². The highest BCUT2D eigenvalue weighted by Crippen LogP contribution is 2.40. The third-order valence-corrected chi connectivity index (χ3v) is 6.47. The molecule has 0 atom stereocenters. The van der Waals surface area contributed by atoms with E-state index in [2.05, 4.69) is 81.5 Å². The van der Waals surface area contributed by atoms with Gasteiger partial charge in [-0.15, -0.1) is 0 Å². The molecule has 3 aromatic heterocycles. The molecule has 0 aliphatic heterocycles. The number of hydrogen-bond acceptors (Lipinski definition) is 3. The van der Waals surface area contributed by atoms with Crippen LogP contribution in [-0.2, 0) is 5.54 Å². The van der Waals surface area contributed by atoms with E-state index in [1.165, 1.54) is 12.0 Å². The lowest BCUT2D eigenvalue weighted by Crippen LogP contribution is -2.43. The number of aromatic amines is 1. The molecule has 1 aliphatic rings. The first-order valence-corrected chi connectivity index (χ1v) is 10.7. The van der Waals surface area contributed by atoms with Crippen molar-refractivity contribution in [3.8, 4) is 33.8 Å². The predicted molar refractivity (Wildman–Crippen MR) is 123 cm³/mol. The Morgan fingerprint density at radius 2 is 1.68 bits per heavy atom. The van der Waals surface area contributed by atoms with Gasteiger partial charge in [-0.1, -0.05) is 54.6 Å². The lowest BCUT2D eigenvalue weighted by atomic mass is 9.72. The van der Waals surface area contributed by atoms with Gasteiger partial charge in [0.25, 0.3) is 0 Å². The molecule has 0 saturated heterocycles. The molecule has 0 radical (unpaired) electrons. The van der Waals surface area contributed by atoms with Crippen molar-refractivity contribution in [1.82, 2.24) is 19.6 Å². The molecule has 0 spiro atoms. The van der Waals surface area contributed by atoms with Crippen molar-refractivity contribution >= 4 is 5.65 Å². The number of nitrogens with two attached hydrogens (primary N) is 1. The molecule has 6 rings (SSSR count). The molecule has 5 nitrogen and oxygen atoms in total. The molecular formula is C26H23N5. The molecule has 0 amide bonds. The van der Waals surface area contributed by atoms with Crippen LogP contribution in [0.25, 0.3) is 39.4 Å². The summed E-state index contributed by atoms with van der Waals surface area (Å²) in [4.78, 5) is 5.13. The van der Waals surface area contributed by atoms with E-state index < -0.39 is 0 Å². The van der Waals surface area contributed by atoms with Crippen LogP contribution >= 0.6 is 0 Å². The predicted octanol–water partition coefficient (Wildman–Crippen LogP) is 5.40. The number of imidazole rings is 1. The highest BCUT2D eigenvalue weighted by Gasteiger charge is 2.34. The summed E-state index contributed by atoms with van der Waals surface area (Å²) < 4.78 is 2.17. The van der Waals surface area contributed by atoms with E-state index in [-0.39, 0.29) is 5.54 Å². The van der Waals surface area contributed by atoms with E-state index in [1.807, 2.05) is 12.1 Å². The fourth-order valence-corrected chi connectivity index (χ4v) is 4.56. The van der Waals surface area contributed by atoms with Gasteiger partial charge in [-0.05, 0) is 43.0 Å². The number of pyridine rings is 1. The zero-order valence-electron chi connectivity index (χ0n) is 17.1. The van der Waals surface area contributed by atoms with Crippen molar-refractivity contribution in [1.29, 1.82) is 0 Å². The van der Waals surface area contributed by atoms with Gasteiger partial charge in [0.1, 0.15) is 5.65 Å². The summed E-state index contributed by atoms with van der Waals surface area (Å²) in [6.07, 6.45) is 7.17. The minimum atomic E-state index is -0.159. The van der Waals surface area contributed by atoms with Gasteiger partial charge < -0.3 is 5.73 Å². The van der Waals surface area contributed by atoms with Crippen LogP contribution in [0, 0.1) is 0 Å². The number of fused-ring (bicyclic) bond motifs is 1. The average Bonchev–Trinajstić information content (AvgIpc) is 3.46. The molecule has 0 unspecified atom stereocenters. The van der Waals surface area contributed by atoms with Crippen LogP contribution in [0.5, 0.6) is 0 Å². The van der Waals surface area contributed by atoms with E-state index in [1.54, 1.807) is 6.20 Å². The third kappa shape index (κ3) is 2.89. The lowest BCUT2D eigenvalue weighted by Gasteiger charge is -2.38. The molecule has 3 heterocycles. The second-order valence-corrected chi connectivity index (χ2v) is 8.35. The lowest BCUT2D eigenvalue weighted by molar-refractivity contribution is 0.253. The zero-order chi connectivity index (χ0) is 20.8. The summed E-state index contributed by atoms with van der Waals surface area (Å²) >= 11 is 0. The molecule has 3 N–H and O–H groups in total. The van der Waals surface area contributed by atoms with E-state index >= 15 is 0 Å². The molecular weight excluding hydrogens is 382 g/mol. The molecule has 5 aromatic rings. The van der Waals surface area contributed by atoms with Crippen molar-refractivity contribution < 1.29 is 0 Å². The van der Waals surface area contributed by atoms with Crippen molar-refractivity contribution in [2.24, 2.45) is 5.73 Å². The Hall–Kier alpha value is -3.70. The summed E-state index contributed by atoms with van der Waals surface area (Å²) in [5.41, 5.74) is 14.7. The molecule has 2 aromatic carbocycles. The Kier molecular flexibility index (Phi) is 4.04. The van der Waals surface area contributed by atoms with E-state index in [0.29, 0.717) is 0 Å². The second-order valence-electron chi connectivity index (χ2n) is 8.35. The molecule has 31 heavy (non-hydrogen) atoms. The summed E-state index contributed by atoms with van der Waals surface area (Å²) in [5.74, 6) is 0. The maximum absolute atomic E-state index is 6.54. The molecule has 1 saturated carbocycles. The summed E-state index contributed by atoms with van der Waals surface area (Å²) in [6.45, 7) is 0. The molecule has 0 bridgehead atoms. The monoisotopic (exact) mass is 405 g/mol. The average molecular weight is 406 g/mol. The third-order valence-electron chi connectivity index (χ3n) is 6.47. The maximum atomic E-state index is 6.54. The van der Waals surface area contributed by atoms with Crippen LogP contribution in [0.3, 0.4) is 0 Å². The van der Waals surface area contributed by atoms with Crippen LogP contribution in [0.4, 0.5) is 0 Å². The Morgan fingerprint density at radius 3 is 2.35 bits per heavy atom. The standard InChI is InChI=1S/C26H23N5/c27-26(14-5-15-26)20-11-9-18(10-12-20)23-24(19-6-2-1-3-7-19)31-17-4-8-21(25(31)29-23)22-13-16-28-30-22/h1-4,6-13,16-17H,5,14-15,27H2,(H,28,30). The van der Waals surface area contributed by atoms with Crippen LogP contribution in [0.1, 0.15) is 24.8 Å². The first-order chi connectivity index (χ1) is 15.2. The minimum absolute atomic E-state index is 0.159. The van der Waals surface area contributed by atoms with E-state index in [9.17, 15) is 0 Å². The summed E-state index contributed by atoms with van der Waals surface area (Å²) in [5, 5.41) is 7.20. The maximum Gasteiger partial charge on any atom is 0.147 e. The highest BCUT2D eigenvalue weighted by atomic mass is 15.1. The van der Waals surface area contributed by atoms with Crippen molar-refractivity contribution in [2.75, 3.05) is 0 Å². The number of benzene rings is 2. The number of nitrogens with one attached hydrogen (secondary N) is 1. The SMILES string of the molecule is NC1(c2ccc(-c3nc4c(-c5ccn[nH]5)cccn4c3-c3ccccc3)cc2)CCC1. The van der Waals surface area contributed by atoms with Crippen molar-refractivity contribution in [3.05, 3.63) is 90.8 Å². The van der Waals surface area contributed by atoms with Crippen LogP contribution in [0.2, 0.25) is 0 Å². The van der Waals surface area contributed by atoms with Crippen molar-refractivity contribution in [3.63, 3.8) is 0 Å². The smallest absolute Gasteiger partial charge is 0.147 e. The second kappa shape index (κ2) is 6.93. The van der Waals surface area contributed by atoms with Crippen LogP contribution < -0.4 is 5.73 Å². The Morgan fingerprint density at radius 1 is 0.871 bits per heavy atom. The van der Waals surface area contributed by atoms with Gasteiger partial charge in [0.15, 0.2) is 0 Å². The Balaban J connectivity index is 1.57. The number of hydrogen-bond donors (Lipinski definition) is 2. The van der Waals surface area contributed by atoms with Gasteiger partial charge in [-0.3, -0.25) is 9.50 Å². The fourth-order valence-electron chi connectivity index (χ4n) is 4.56. The molecule has 5 heteroatoms. The van der Waals surface area contributed by atoms with Gasteiger partial charge in [0, 0.05) is 34.6 Å². The quantitative estimate of drug-likeness (QED) is 0.421. The summed E-state index contributed by atoms with van der Waals surface area (Å²) in [7, 11) is 0. The van der Waals surface area contributed by atoms with Gasteiger partial charge in [0.2, 0.25) is 0 Å². The number of rotatable bonds is 4. The zero-order valence-corrected chi connectivity index (χ0v) is 17.1. The normalized spacial score (nSPS) is 15.1. The van der Waals surface area contributed by atoms with Crippen molar-refractivity contribution in [2.45, 2.75) is 24.8 Å². The topological polar surface area (TPSA) is 72.0 Å². The highest BCUT2D eigenvalue weighted by molar-refractivity contribution is 5.86. The van der Waals surface area contributed by atoms with Gasteiger partial charge in [-0.2, -0.15) is 5.10 Å². The number of H-pyrrole nitrogens is 1.